The van der Waals surface area contributed by atoms with Crippen molar-refractivity contribution < 1.29 is 4.74 Å². The average molecular weight is 217 g/mol. The first kappa shape index (κ1) is 12.5. The number of hydrogen-bond donors (Lipinski definition) is 1. The Bertz CT molecular complexity index is 344. The lowest BCUT2D eigenvalue weighted by Gasteiger charge is -2.09. The average Bonchev–Trinajstić information content (AvgIpc) is 2.31. The smallest absolute Gasteiger partial charge is 0.126 e. The Morgan fingerprint density at radius 1 is 1.38 bits per heavy atom. The van der Waals surface area contributed by atoms with Crippen LogP contribution >= 0.6 is 0 Å². The summed E-state index contributed by atoms with van der Waals surface area (Å²) in [4.78, 5) is 0. The lowest BCUT2D eigenvalue weighted by Crippen LogP contribution is -2.20. The Hall–Kier alpha value is -1.54. The fourth-order valence-corrected chi connectivity index (χ4v) is 1.37. The molecule has 0 atom stereocenters. The lowest BCUT2D eigenvalue weighted by atomic mass is 10.2. The summed E-state index contributed by atoms with van der Waals surface area (Å²) >= 11 is 0. The highest BCUT2D eigenvalue weighted by Crippen LogP contribution is 2.18. The summed E-state index contributed by atoms with van der Waals surface area (Å²) in [5.74, 6) is 0.931. The number of nitrogens with one attached hydrogen (secondary N) is 1. The molecular weight excluding hydrogens is 198 g/mol. The Kier molecular flexibility index (Phi) is 6.04. The Labute approximate surface area is 97.6 Å². The van der Waals surface area contributed by atoms with E-state index in [2.05, 4.69) is 11.9 Å². The predicted molar refractivity (Wildman–Crippen MR) is 69.7 cm³/mol. The molecule has 1 aromatic carbocycles. The van der Waals surface area contributed by atoms with Crippen LogP contribution in [0.2, 0.25) is 0 Å². The van der Waals surface area contributed by atoms with Crippen LogP contribution in [0.1, 0.15) is 12.5 Å². The normalized spacial score (nSPS) is 10.6. The summed E-state index contributed by atoms with van der Waals surface area (Å²) < 4.78 is 5.69. The molecule has 0 aliphatic heterocycles. The maximum absolute atomic E-state index is 5.69. The molecule has 0 aromatic heterocycles. The Morgan fingerprint density at radius 2 is 2.19 bits per heavy atom. The zero-order valence-electron chi connectivity index (χ0n) is 9.78. The third kappa shape index (κ3) is 4.32. The van der Waals surface area contributed by atoms with Gasteiger partial charge >= 0.3 is 0 Å². The number of benzene rings is 1. The standard InChI is InChI=1S/C14H19NO/c1-3-7-13-8-5-6-9-14(13)16-12-11-15-10-4-2/h3-9,15H,2,10-12H2,1H3. The minimum absolute atomic E-state index is 0.669. The van der Waals surface area contributed by atoms with Gasteiger partial charge in [0.25, 0.3) is 0 Å². The van der Waals surface area contributed by atoms with Gasteiger partial charge < -0.3 is 10.1 Å². The van der Waals surface area contributed by atoms with Crippen LogP contribution in [0.25, 0.3) is 6.08 Å². The monoisotopic (exact) mass is 217 g/mol. The summed E-state index contributed by atoms with van der Waals surface area (Å²) in [6.45, 7) is 7.96. The molecule has 0 amide bonds. The molecule has 0 unspecified atom stereocenters. The lowest BCUT2D eigenvalue weighted by molar-refractivity contribution is 0.316. The number of para-hydroxylation sites is 1. The summed E-state index contributed by atoms with van der Waals surface area (Å²) in [6, 6.07) is 8.03. The molecule has 0 fully saturated rings. The van der Waals surface area contributed by atoms with Crippen LogP contribution in [0, 0.1) is 0 Å². The zero-order valence-corrected chi connectivity index (χ0v) is 9.78. The maximum Gasteiger partial charge on any atom is 0.126 e. The number of hydrogen-bond acceptors (Lipinski definition) is 2. The predicted octanol–water partition coefficient (Wildman–Crippen LogP) is 2.87. The van der Waals surface area contributed by atoms with Gasteiger partial charge in [0, 0.05) is 18.7 Å². The van der Waals surface area contributed by atoms with E-state index in [0.29, 0.717) is 6.61 Å². The van der Waals surface area contributed by atoms with E-state index in [-0.39, 0.29) is 0 Å². The van der Waals surface area contributed by atoms with Crippen molar-refractivity contribution in [2.75, 3.05) is 19.7 Å². The van der Waals surface area contributed by atoms with E-state index >= 15 is 0 Å². The fourth-order valence-electron chi connectivity index (χ4n) is 1.37. The first-order valence-electron chi connectivity index (χ1n) is 5.54. The van der Waals surface area contributed by atoms with Crippen LogP contribution in [-0.2, 0) is 0 Å². The van der Waals surface area contributed by atoms with E-state index in [1.165, 1.54) is 0 Å². The van der Waals surface area contributed by atoms with Gasteiger partial charge in [-0.25, -0.2) is 0 Å². The van der Waals surface area contributed by atoms with E-state index in [9.17, 15) is 0 Å². The Balaban J connectivity index is 2.43. The second-order valence-corrected chi connectivity index (χ2v) is 3.38. The molecule has 1 aromatic rings. The van der Waals surface area contributed by atoms with Crippen molar-refractivity contribution in [1.29, 1.82) is 0 Å². The minimum Gasteiger partial charge on any atom is -0.492 e. The highest BCUT2D eigenvalue weighted by atomic mass is 16.5. The molecule has 86 valence electrons. The molecule has 2 heteroatoms. The molecule has 0 heterocycles. The second-order valence-electron chi connectivity index (χ2n) is 3.38. The van der Waals surface area contributed by atoms with Gasteiger partial charge in [-0.2, -0.15) is 0 Å². The van der Waals surface area contributed by atoms with E-state index < -0.39 is 0 Å². The van der Waals surface area contributed by atoms with Crippen molar-refractivity contribution in [2.24, 2.45) is 0 Å². The van der Waals surface area contributed by atoms with Gasteiger partial charge in [0.2, 0.25) is 0 Å². The zero-order chi connectivity index (χ0) is 11.6. The van der Waals surface area contributed by atoms with E-state index in [1.54, 1.807) is 0 Å². The highest BCUT2D eigenvalue weighted by molar-refractivity contribution is 5.56. The van der Waals surface area contributed by atoms with Crippen LogP contribution in [0.5, 0.6) is 5.75 Å². The highest BCUT2D eigenvalue weighted by Gasteiger charge is 1.98. The van der Waals surface area contributed by atoms with Crippen molar-refractivity contribution in [3.05, 3.63) is 48.6 Å². The van der Waals surface area contributed by atoms with Crippen molar-refractivity contribution in [3.8, 4) is 5.75 Å². The van der Waals surface area contributed by atoms with E-state index in [4.69, 9.17) is 4.74 Å². The van der Waals surface area contributed by atoms with Crippen LogP contribution in [0.4, 0.5) is 0 Å². The van der Waals surface area contributed by atoms with Gasteiger partial charge in [-0.1, -0.05) is 36.4 Å². The molecular formula is C14H19NO. The second kappa shape index (κ2) is 7.71. The number of rotatable bonds is 7. The van der Waals surface area contributed by atoms with Crippen LogP contribution in [0.3, 0.4) is 0 Å². The molecule has 0 bridgehead atoms. The van der Waals surface area contributed by atoms with Gasteiger partial charge in [-0.05, 0) is 13.0 Å². The molecule has 1 rings (SSSR count). The molecule has 0 radical (unpaired) electrons. The SMILES string of the molecule is C=CCNCCOc1ccccc1C=CC. The van der Waals surface area contributed by atoms with Gasteiger partial charge in [0.05, 0.1) is 0 Å². The molecule has 16 heavy (non-hydrogen) atoms. The van der Waals surface area contributed by atoms with Crippen LogP contribution < -0.4 is 10.1 Å². The number of ether oxygens (including phenoxy) is 1. The summed E-state index contributed by atoms with van der Waals surface area (Å²) in [5.41, 5.74) is 1.12. The topological polar surface area (TPSA) is 21.3 Å². The molecule has 0 aliphatic rings. The quantitative estimate of drug-likeness (QED) is 0.560. The van der Waals surface area contributed by atoms with Gasteiger partial charge in [0.15, 0.2) is 0 Å². The fraction of sp³-hybridized carbons (Fsp3) is 0.286. The molecule has 0 spiro atoms. The summed E-state index contributed by atoms with van der Waals surface area (Å²) in [6.07, 6.45) is 5.90. The molecule has 0 aliphatic carbocycles. The molecule has 1 N–H and O–H groups in total. The summed E-state index contributed by atoms with van der Waals surface area (Å²) in [7, 11) is 0. The first-order chi connectivity index (χ1) is 7.88. The first-order valence-corrected chi connectivity index (χ1v) is 5.54. The molecule has 0 saturated carbocycles. The number of allylic oxidation sites excluding steroid dienone is 1. The molecule has 2 nitrogen and oxygen atoms in total. The van der Waals surface area contributed by atoms with E-state index in [0.717, 1.165) is 24.4 Å². The van der Waals surface area contributed by atoms with Crippen molar-refractivity contribution in [2.45, 2.75) is 6.92 Å². The minimum atomic E-state index is 0.669. The third-order valence-electron chi connectivity index (χ3n) is 2.09. The van der Waals surface area contributed by atoms with E-state index in [1.807, 2.05) is 49.4 Å². The maximum atomic E-state index is 5.69. The third-order valence-corrected chi connectivity index (χ3v) is 2.09. The van der Waals surface area contributed by atoms with Crippen LogP contribution in [-0.4, -0.2) is 19.7 Å². The van der Waals surface area contributed by atoms with Crippen molar-refractivity contribution >= 4 is 6.08 Å². The van der Waals surface area contributed by atoms with Gasteiger partial charge in [-0.3, -0.25) is 0 Å². The van der Waals surface area contributed by atoms with Crippen LogP contribution in [0.15, 0.2) is 43.0 Å². The Morgan fingerprint density at radius 3 is 2.94 bits per heavy atom. The summed E-state index contributed by atoms with van der Waals surface area (Å²) in [5, 5.41) is 3.20. The molecule has 0 saturated heterocycles. The van der Waals surface area contributed by atoms with Crippen molar-refractivity contribution in [3.63, 3.8) is 0 Å². The van der Waals surface area contributed by atoms with Gasteiger partial charge in [0.1, 0.15) is 12.4 Å². The van der Waals surface area contributed by atoms with Crippen molar-refractivity contribution in [1.82, 2.24) is 5.32 Å². The van der Waals surface area contributed by atoms with Gasteiger partial charge in [-0.15, -0.1) is 6.58 Å². The largest absolute Gasteiger partial charge is 0.492 e.